The van der Waals surface area contributed by atoms with Gasteiger partial charge < -0.3 is 4.79 Å². The van der Waals surface area contributed by atoms with Crippen LogP contribution in [0.15, 0.2) is 60.8 Å². The normalized spacial score (nSPS) is 12.9. The van der Waals surface area contributed by atoms with Crippen molar-refractivity contribution >= 4 is 6.29 Å². The van der Waals surface area contributed by atoms with E-state index in [4.69, 9.17) is 0 Å². The Kier molecular flexibility index (Phi) is 15.0. The van der Waals surface area contributed by atoms with Gasteiger partial charge in [0, 0.05) is 6.42 Å². The summed E-state index contributed by atoms with van der Waals surface area (Å²) in [5.41, 5.74) is 0. The van der Waals surface area contributed by atoms with Crippen LogP contribution in [0.3, 0.4) is 0 Å². The first kappa shape index (κ1) is 17.4. The van der Waals surface area contributed by atoms with Crippen LogP contribution < -0.4 is 0 Å². The van der Waals surface area contributed by atoms with Crippen molar-refractivity contribution in [1.29, 1.82) is 0 Å². The van der Waals surface area contributed by atoms with Crippen molar-refractivity contribution in [3.8, 4) is 0 Å². The van der Waals surface area contributed by atoms with Crippen LogP contribution >= 0.6 is 0 Å². The molecule has 0 N–H and O–H groups in total. The number of rotatable bonds is 11. The van der Waals surface area contributed by atoms with E-state index in [1.54, 1.807) is 0 Å². The highest BCUT2D eigenvalue weighted by atomic mass is 16.1. The summed E-state index contributed by atoms with van der Waals surface area (Å²) in [5, 5.41) is 0. The molecular weight excluding hydrogens is 232 g/mol. The molecule has 0 heterocycles. The second-order valence-electron chi connectivity index (χ2n) is 4.11. The molecule has 0 aliphatic carbocycles. The Labute approximate surface area is 118 Å². The maximum absolute atomic E-state index is 10.1. The van der Waals surface area contributed by atoms with E-state index in [9.17, 15) is 4.79 Å². The summed E-state index contributed by atoms with van der Waals surface area (Å²) in [6, 6.07) is 0. The average molecular weight is 258 g/mol. The maximum Gasteiger partial charge on any atom is 0.123 e. The van der Waals surface area contributed by atoms with Gasteiger partial charge in [0.15, 0.2) is 0 Å². The predicted octanol–water partition coefficient (Wildman–Crippen LogP) is 5.33. The van der Waals surface area contributed by atoms with Crippen molar-refractivity contribution in [2.24, 2.45) is 0 Å². The van der Waals surface area contributed by atoms with Crippen molar-refractivity contribution < 1.29 is 4.79 Å². The number of carbonyl (C=O) groups is 1. The highest BCUT2D eigenvalue weighted by Gasteiger charge is 1.75. The zero-order valence-electron chi connectivity index (χ0n) is 12.0. The molecule has 0 rings (SSSR count). The highest BCUT2D eigenvalue weighted by molar-refractivity contribution is 5.51. The molecule has 0 spiro atoms. The minimum atomic E-state index is 0.521. The van der Waals surface area contributed by atoms with Gasteiger partial charge in [0.1, 0.15) is 6.29 Å². The molecule has 0 fully saturated rings. The van der Waals surface area contributed by atoms with Crippen LogP contribution in [0.1, 0.15) is 45.4 Å². The van der Waals surface area contributed by atoms with Crippen molar-refractivity contribution in [3.05, 3.63) is 60.8 Å². The zero-order chi connectivity index (χ0) is 14.0. The third kappa shape index (κ3) is 16.4. The molecule has 0 saturated carbocycles. The molecule has 0 aromatic carbocycles. The predicted molar refractivity (Wildman–Crippen MR) is 85.1 cm³/mol. The number of allylic oxidation sites excluding steroid dienone is 10. The summed E-state index contributed by atoms with van der Waals surface area (Å²) in [6.07, 6.45) is 27.8. The molecule has 0 unspecified atom stereocenters. The average Bonchev–Trinajstić information content (AvgIpc) is 2.43. The molecule has 0 bridgehead atoms. The van der Waals surface area contributed by atoms with Crippen LogP contribution in [0, 0.1) is 0 Å². The van der Waals surface area contributed by atoms with Gasteiger partial charge in [-0.2, -0.15) is 0 Å². The first-order chi connectivity index (χ1) is 9.41. The fourth-order valence-corrected chi connectivity index (χ4v) is 1.40. The lowest BCUT2D eigenvalue weighted by atomic mass is 10.2. The second kappa shape index (κ2) is 16.4. The highest BCUT2D eigenvalue weighted by Crippen LogP contribution is 1.95. The monoisotopic (exact) mass is 258 g/mol. The molecule has 1 heteroatoms. The van der Waals surface area contributed by atoms with Gasteiger partial charge in [0.25, 0.3) is 0 Å². The van der Waals surface area contributed by atoms with E-state index in [2.05, 4.69) is 55.5 Å². The van der Waals surface area contributed by atoms with Gasteiger partial charge in [-0.3, -0.25) is 0 Å². The molecule has 0 aliphatic rings. The lowest BCUT2D eigenvalue weighted by molar-refractivity contribution is -0.107. The third-order valence-corrected chi connectivity index (χ3v) is 2.39. The zero-order valence-corrected chi connectivity index (χ0v) is 12.0. The summed E-state index contributed by atoms with van der Waals surface area (Å²) in [5.74, 6) is 0. The Morgan fingerprint density at radius 2 is 0.842 bits per heavy atom. The minimum absolute atomic E-state index is 0.521. The Hall–Kier alpha value is -1.63. The second-order valence-corrected chi connectivity index (χ2v) is 4.11. The molecule has 0 aromatic heterocycles. The number of hydrogen-bond donors (Lipinski definition) is 0. The Morgan fingerprint density at radius 1 is 0.526 bits per heavy atom. The van der Waals surface area contributed by atoms with Gasteiger partial charge in [-0.1, -0.05) is 67.7 Å². The van der Waals surface area contributed by atoms with E-state index in [0.29, 0.717) is 6.42 Å². The van der Waals surface area contributed by atoms with Gasteiger partial charge in [-0.05, 0) is 32.1 Å². The van der Waals surface area contributed by atoms with Crippen molar-refractivity contribution in [1.82, 2.24) is 0 Å². The summed E-state index contributed by atoms with van der Waals surface area (Å²) < 4.78 is 0. The fraction of sp³-hybridized carbons (Fsp3) is 0.389. The summed E-state index contributed by atoms with van der Waals surface area (Å²) in [4.78, 5) is 10.1. The van der Waals surface area contributed by atoms with Gasteiger partial charge in [0.05, 0.1) is 0 Å². The molecule has 0 aromatic rings. The molecule has 1 nitrogen and oxygen atoms in total. The van der Waals surface area contributed by atoms with E-state index >= 15 is 0 Å². The minimum Gasteiger partial charge on any atom is -0.303 e. The van der Waals surface area contributed by atoms with Crippen LogP contribution in [-0.2, 0) is 4.79 Å². The largest absolute Gasteiger partial charge is 0.303 e. The molecule has 0 amide bonds. The van der Waals surface area contributed by atoms with Crippen LogP contribution in [-0.4, -0.2) is 6.29 Å². The maximum atomic E-state index is 10.1. The van der Waals surface area contributed by atoms with Crippen LogP contribution in [0.25, 0.3) is 0 Å². The molecule has 0 atom stereocenters. The van der Waals surface area contributed by atoms with Crippen molar-refractivity contribution in [2.75, 3.05) is 0 Å². The van der Waals surface area contributed by atoms with Gasteiger partial charge in [-0.15, -0.1) is 0 Å². The summed E-state index contributed by atoms with van der Waals surface area (Å²) in [6.45, 7) is 2.15. The molecule has 0 radical (unpaired) electrons. The molecule has 19 heavy (non-hydrogen) atoms. The van der Waals surface area contributed by atoms with Gasteiger partial charge >= 0.3 is 0 Å². The van der Waals surface area contributed by atoms with Crippen LogP contribution in [0.5, 0.6) is 0 Å². The number of carbonyl (C=O) groups excluding carboxylic acids is 1. The smallest absolute Gasteiger partial charge is 0.123 e. The van der Waals surface area contributed by atoms with E-state index in [-0.39, 0.29) is 0 Å². The molecule has 104 valence electrons. The molecule has 0 aliphatic heterocycles. The lowest BCUT2D eigenvalue weighted by Crippen LogP contribution is -1.66. The summed E-state index contributed by atoms with van der Waals surface area (Å²) in [7, 11) is 0. The van der Waals surface area contributed by atoms with Crippen molar-refractivity contribution in [2.45, 2.75) is 45.4 Å². The number of aldehydes is 1. The lowest BCUT2D eigenvalue weighted by Gasteiger charge is -1.85. The third-order valence-electron chi connectivity index (χ3n) is 2.39. The van der Waals surface area contributed by atoms with Gasteiger partial charge in [-0.25, -0.2) is 0 Å². The number of hydrogen-bond acceptors (Lipinski definition) is 1. The molecule has 0 saturated heterocycles. The first-order valence-corrected chi connectivity index (χ1v) is 7.10. The summed E-state index contributed by atoms with van der Waals surface area (Å²) >= 11 is 0. The van der Waals surface area contributed by atoms with E-state index in [0.717, 1.165) is 38.4 Å². The van der Waals surface area contributed by atoms with Crippen LogP contribution in [0.2, 0.25) is 0 Å². The Bertz CT molecular complexity index is 330. The molecular formula is C18H26O. The van der Waals surface area contributed by atoms with Crippen LogP contribution in [0.4, 0.5) is 0 Å². The van der Waals surface area contributed by atoms with E-state index in [1.807, 2.05) is 12.2 Å². The van der Waals surface area contributed by atoms with E-state index < -0.39 is 0 Å². The van der Waals surface area contributed by atoms with Gasteiger partial charge in [0.2, 0.25) is 0 Å². The Balaban J connectivity index is 3.45. The van der Waals surface area contributed by atoms with E-state index in [1.165, 1.54) is 0 Å². The SMILES string of the molecule is CC/C=C\C/C=C\C/C=C\C/C=C\C/C=C\CC=O. The topological polar surface area (TPSA) is 17.1 Å². The quantitative estimate of drug-likeness (QED) is 0.362. The standard InChI is InChI=1S/C18H26O/c1-2-3-4-5-6-7-8-9-10-11-12-13-14-15-16-17-18-19/h3-4,6-7,9-10,12-13,15-16,18H,2,5,8,11,14,17H2,1H3/b4-3-,7-6-,10-9-,13-12-,16-15-. The Morgan fingerprint density at radius 3 is 1.16 bits per heavy atom. The first-order valence-electron chi connectivity index (χ1n) is 7.10. The van der Waals surface area contributed by atoms with Crippen molar-refractivity contribution in [3.63, 3.8) is 0 Å². The fourth-order valence-electron chi connectivity index (χ4n) is 1.40.